The smallest absolute Gasteiger partial charge is 0.251 e. The fourth-order valence-corrected chi connectivity index (χ4v) is 7.98. The number of amides is 1. The molecule has 2 aromatic carbocycles. The number of hydrogen-bond donors (Lipinski definition) is 3. The Bertz CT molecular complexity index is 1470. The number of nitriles is 1. The number of aromatic hydroxyl groups is 1. The summed E-state index contributed by atoms with van der Waals surface area (Å²) in [5, 5.41) is 29.1. The van der Waals surface area contributed by atoms with Gasteiger partial charge in [-0.2, -0.15) is 5.26 Å². The number of piperidine rings is 1. The minimum Gasteiger partial charge on any atom is -0.507 e. The molecule has 3 aliphatic rings. The van der Waals surface area contributed by atoms with E-state index in [0.29, 0.717) is 16.5 Å². The Hall–Kier alpha value is -3.67. The largest absolute Gasteiger partial charge is 0.507 e. The first-order valence-corrected chi connectivity index (χ1v) is 16.8. The minimum absolute atomic E-state index is 0.0618. The molecule has 1 aliphatic heterocycles. The molecule has 1 aromatic heterocycles. The van der Waals surface area contributed by atoms with Crippen LogP contribution in [0.4, 0.5) is 5.69 Å². The van der Waals surface area contributed by atoms with Gasteiger partial charge in [0.2, 0.25) is 0 Å². The highest BCUT2D eigenvalue weighted by Crippen LogP contribution is 2.53. The summed E-state index contributed by atoms with van der Waals surface area (Å²) in [6, 6.07) is 17.9. The molecule has 3 aromatic rings. The minimum atomic E-state index is 0.0618. The molecule has 0 bridgehead atoms. The number of pyridine rings is 1. The zero-order valence-corrected chi connectivity index (χ0v) is 28.6. The highest BCUT2D eigenvalue weighted by molar-refractivity contribution is 5.95. The highest BCUT2D eigenvalue weighted by atomic mass is 16.3. The SMILES string of the molecule is CCN(CC1CCN(c2ccc(C(=O)NC3C(C)(C)CC3(C)C)cc2)CC1)C1CCC1.CO.N#Cc1ccc(O)c2cccnc12. The van der Waals surface area contributed by atoms with Crippen LogP contribution in [0.15, 0.2) is 54.7 Å². The molecule has 2 heterocycles. The summed E-state index contributed by atoms with van der Waals surface area (Å²) >= 11 is 0. The van der Waals surface area contributed by atoms with Crippen molar-refractivity contribution in [3.8, 4) is 11.8 Å². The molecule has 0 atom stereocenters. The normalized spacial score (nSPS) is 19.1. The van der Waals surface area contributed by atoms with Gasteiger partial charge in [-0.05, 0) is 104 Å². The van der Waals surface area contributed by atoms with Gasteiger partial charge in [-0.3, -0.25) is 9.78 Å². The quantitative estimate of drug-likeness (QED) is 0.266. The number of anilines is 1. The van der Waals surface area contributed by atoms with Crippen molar-refractivity contribution in [3.05, 3.63) is 65.9 Å². The lowest BCUT2D eigenvalue weighted by molar-refractivity contribution is -0.0366. The molecule has 0 unspecified atom stereocenters. The Labute approximate surface area is 275 Å². The summed E-state index contributed by atoms with van der Waals surface area (Å²) in [7, 11) is 1.00. The lowest BCUT2D eigenvalue weighted by Gasteiger charge is -2.57. The van der Waals surface area contributed by atoms with Gasteiger partial charge >= 0.3 is 0 Å². The Morgan fingerprint density at radius 3 is 2.22 bits per heavy atom. The van der Waals surface area contributed by atoms with Crippen LogP contribution in [-0.2, 0) is 0 Å². The van der Waals surface area contributed by atoms with Crippen LogP contribution in [0, 0.1) is 28.1 Å². The van der Waals surface area contributed by atoms with Crippen LogP contribution < -0.4 is 10.2 Å². The molecule has 0 spiro atoms. The van der Waals surface area contributed by atoms with Crippen LogP contribution in [0.1, 0.15) is 89.1 Å². The molecular formula is C38H53N5O3. The number of aliphatic hydroxyl groups excluding tert-OH is 1. The van der Waals surface area contributed by atoms with Crippen molar-refractivity contribution in [2.75, 3.05) is 38.2 Å². The van der Waals surface area contributed by atoms with Crippen LogP contribution in [0.2, 0.25) is 0 Å². The molecule has 46 heavy (non-hydrogen) atoms. The highest BCUT2D eigenvalue weighted by Gasteiger charge is 2.53. The van der Waals surface area contributed by atoms with Gasteiger partial charge in [0.25, 0.3) is 5.91 Å². The van der Waals surface area contributed by atoms with Crippen molar-refractivity contribution in [3.63, 3.8) is 0 Å². The third kappa shape index (κ3) is 8.00. The van der Waals surface area contributed by atoms with E-state index in [2.05, 4.69) is 66.9 Å². The number of carbonyl (C=O) groups is 1. The maximum atomic E-state index is 12.8. The zero-order valence-electron chi connectivity index (χ0n) is 28.6. The van der Waals surface area contributed by atoms with E-state index in [9.17, 15) is 9.90 Å². The first-order valence-electron chi connectivity index (χ1n) is 16.8. The number of aromatic nitrogens is 1. The van der Waals surface area contributed by atoms with E-state index in [-0.39, 0.29) is 28.5 Å². The number of hydrogen-bond acceptors (Lipinski definition) is 7. The van der Waals surface area contributed by atoms with E-state index < -0.39 is 0 Å². The van der Waals surface area contributed by atoms with Crippen LogP contribution >= 0.6 is 0 Å². The number of rotatable bonds is 7. The number of carbonyl (C=O) groups excluding carboxylic acids is 1. The van der Waals surface area contributed by atoms with Gasteiger partial charge in [0.05, 0.1) is 11.1 Å². The lowest BCUT2D eigenvalue weighted by atomic mass is 9.52. The van der Waals surface area contributed by atoms with Crippen molar-refractivity contribution in [2.24, 2.45) is 16.7 Å². The molecule has 3 fully saturated rings. The second kappa shape index (κ2) is 15.3. The molecule has 2 aliphatic carbocycles. The standard InChI is InChI=1S/C27H43N3O.C10H6N2O.CH4O/c1-6-29(22-8-7-9-22)18-20-14-16-30(17-15-20)23-12-10-21(11-13-23)24(31)28-25-26(2,3)19-27(25,4)5;11-6-7-3-4-9(13)8-2-1-5-12-10(7)8;1-2/h10-13,20,22,25H,6-9,14-19H2,1-5H3,(H,28,31);1-5,13H;2H,1H3. The Balaban J connectivity index is 0.000000266. The van der Waals surface area contributed by atoms with E-state index in [1.54, 1.807) is 24.4 Å². The molecule has 6 rings (SSSR count). The van der Waals surface area contributed by atoms with E-state index in [1.165, 1.54) is 56.9 Å². The summed E-state index contributed by atoms with van der Waals surface area (Å²) in [6.45, 7) is 16.1. The number of aliphatic hydroxyl groups is 1. The predicted molar refractivity (Wildman–Crippen MR) is 186 cm³/mol. The number of benzene rings is 2. The second-order valence-electron chi connectivity index (χ2n) is 14.4. The summed E-state index contributed by atoms with van der Waals surface area (Å²) in [6.07, 6.45) is 9.53. The van der Waals surface area contributed by atoms with E-state index in [4.69, 9.17) is 10.4 Å². The predicted octanol–water partition coefficient (Wildman–Crippen LogP) is 6.75. The summed E-state index contributed by atoms with van der Waals surface area (Å²) in [4.78, 5) is 22.1. The molecule has 1 saturated heterocycles. The van der Waals surface area contributed by atoms with Crippen molar-refractivity contribution in [1.29, 1.82) is 5.26 Å². The molecule has 0 radical (unpaired) electrons. The monoisotopic (exact) mass is 627 g/mol. The van der Waals surface area contributed by atoms with Crippen LogP contribution in [0.25, 0.3) is 10.9 Å². The summed E-state index contributed by atoms with van der Waals surface area (Å²) < 4.78 is 0. The third-order valence-corrected chi connectivity index (χ3v) is 10.2. The first kappa shape index (κ1) is 35.2. The van der Waals surface area contributed by atoms with Gasteiger partial charge < -0.3 is 25.3 Å². The Morgan fingerprint density at radius 2 is 1.67 bits per heavy atom. The van der Waals surface area contributed by atoms with Gasteiger partial charge in [0, 0.05) is 61.7 Å². The summed E-state index contributed by atoms with van der Waals surface area (Å²) in [5.41, 5.74) is 3.41. The fraction of sp³-hybridized carbons (Fsp3) is 0.553. The number of nitrogens with one attached hydrogen (secondary N) is 1. The van der Waals surface area contributed by atoms with Crippen molar-refractivity contribution in [1.82, 2.24) is 15.2 Å². The second-order valence-corrected chi connectivity index (χ2v) is 14.4. The fourth-order valence-electron chi connectivity index (χ4n) is 7.98. The van der Waals surface area contributed by atoms with E-state index in [0.717, 1.165) is 44.1 Å². The molecule has 8 nitrogen and oxygen atoms in total. The van der Waals surface area contributed by atoms with Crippen molar-refractivity contribution in [2.45, 2.75) is 85.2 Å². The maximum absolute atomic E-state index is 12.8. The Kier molecular flexibility index (Phi) is 11.7. The molecule has 8 heteroatoms. The average molecular weight is 628 g/mol. The third-order valence-electron chi connectivity index (χ3n) is 10.2. The topological polar surface area (TPSA) is 113 Å². The molecule has 2 saturated carbocycles. The molecule has 1 amide bonds. The van der Waals surface area contributed by atoms with Crippen molar-refractivity contribution >= 4 is 22.5 Å². The van der Waals surface area contributed by atoms with Gasteiger partial charge in [-0.1, -0.05) is 41.0 Å². The summed E-state index contributed by atoms with van der Waals surface area (Å²) in [5.74, 6) is 1.05. The van der Waals surface area contributed by atoms with E-state index >= 15 is 0 Å². The number of fused-ring (bicyclic) bond motifs is 1. The maximum Gasteiger partial charge on any atom is 0.251 e. The average Bonchev–Trinajstić information content (AvgIpc) is 3.04. The van der Waals surface area contributed by atoms with Crippen molar-refractivity contribution < 1.29 is 15.0 Å². The van der Waals surface area contributed by atoms with E-state index in [1.807, 2.05) is 18.2 Å². The number of phenolic OH excluding ortho intramolecular Hbond substituents is 1. The van der Waals surface area contributed by atoms with Gasteiger partial charge in [0.1, 0.15) is 11.8 Å². The number of nitrogens with zero attached hydrogens (tertiary/aromatic N) is 4. The molecular weight excluding hydrogens is 574 g/mol. The van der Waals surface area contributed by atoms with Crippen LogP contribution in [-0.4, -0.2) is 71.4 Å². The van der Waals surface area contributed by atoms with Crippen LogP contribution in [0.3, 0.4) is 0 Å². The molecule has 3 N–H and O–H groups in total. The van der Waals surface area contributed by atoms with Crippen LogP contribution in [0.5, 0.6) is 5.75 Å². The van der Waals surface area contributed by atoms with Gasteiger partial charge in [-0.25, -0.2) is 0 Å². The Morgan fingerprint density at radius 1 is 1.02 bits per heavy atom. The number of phenols is 1. The zero-order chi connectivity index (χ0) is 33.5. The van der Waals surface area contributed by atoms with Gasteiger partial charge in [0.15, 0.2) is 0 Å². The molecule has 248 valence electrons. The lowest BCUT2D eigenvalue weighted by Crippen LogP contribution is -2.63. The first-order chi connectivity index (χ1) is 22.0. The van der Waals surface area contributed by atoms with Gasteiger partial charge in [-0.15, -0.1) is 0 Å².